The maximum absolute atomic E-state index is 12.8. The Labute approximate surface area is 156 Å². The first-order valence-electron chi connectivity index (χ1n) is 8.88. The van der Waals surface area contributed by atoms with Gasteiger partial charge in [-0.3, -0.25) is 19.6 Å². The minimum Gasteiger partial charge on any atom is -0.507 e. The van der Waals surface area contributed by atoms with Crippen molar-refractivity contribution >= 4 is 17.4 Å². The molecule has 1 N–H and O–H groups in total. The van der Waals surface area contributed by atoms with Crippen LogP contribution in [0.1, 0.15) is 30.1 Å². The topological polar surface area (TPSA) is 92.6 Å². The van der Waals surface area contributed by atoms with Crippen molar-refractivity contribution in [3.63, 3.8) is 0 Å². The average molecular weight is 365 g/mol. The molecule has 2 aromatic heterocycles. The summed E-state index contributed by atoms with van der Waals surface area (Å²) in [5.41, 5.74) is 1.01. The molecule has 2 atom stereocenters. The zero-order valence-electron chi connectivity index (χ0n) is 14.6. The van der Waals surface area contributed by atoms with Crippen LogP contribution in [-0.4, -0.2) is 50.9 Å². The third-order valence-electron chi connectivity index (χ3n) is 4.89. The Morgan fingerprint density at radius 3 is 2.67 bits per heavy atom. The van der Waals surface area contributed by atoms with Gasteiger partial charge in [-0.25, -0.2) is 0 Å². The second-order valence-electron chi connectivity index (χ2n) is 6.58. The van der Waals surface area contributed by atoms with Crippen LogP contribution >= 0.6 is 0 Å². The molecule has 2 fully saturated rings. The van der Waals surface area contributed by atoms with Gasteiger partial charge in [0.25, 0.3) is 11.7 Å². The monoisotopic (exact) mass is 365 g/mol. The molecule has 27 heavy (non-hydrogen) atoms. The van der Waals surface area contributed by atoms with E-state index in [0.717, 1.165) is 12.8 Å². The lowest BCUT2D eigenvalue weighted by molar-refractivity contribution is -0.140. The number of carbonyl (C=O) groups excluding carboxylic acids is 2. The number of likely N-dealkylation sites (tertiary alicyclic amines) is 1. The van der Waals surface area contributed by atoms with E-state index in [4.69, 9.17) is 4.74 Å². The molecule has 4 rings (SSSR count). The fourth-order valence-electron chi connectivity index (χ4n) is 3.59. The first-order chi connectivity index (χ1) is 13.2. The number of rotatable bonds is 4. The number of hydrogen-bond acceptors (Lipinski definition) is 6. The zero-order valence-corrected chi connectivity index (χ0v) is 14.6. The van der Waals surface area contributed by atoms with Crippen LogP contribution in [0, 0.1) is 0 Å². The van der Waals surface area contributed by atoms with Gasteiger partial charge < -0.3 is 14.7 Å². The zero-order chi connectivity index (χ0) is 18.8. The van der Waals surface area contributed by atoms with Gasteiger partial charge in [0.05, 0.1) is 17.4 Å². The standard InChI is InChI=1S/C20H19N3O4/c24-18(13-6-9-21-10-7-13)16-17(15-5-1-2-8-22-15)23(20(26)19(16)25)12-14-4-3-11-27-14/h1-2,5-10,14,17,24H,3-4,11-12H2/b18-16-. The van der Waals surface area contributed by atoms with Gasteiger partial charge in [-0.05, 0) is 37.1 Å². The summed E-state index contributed by atoms with van der Waals surface area (Å²) in [5.74, 6) is -1.57. The Bertz CT molecular complexity index is 877. The van der Waals surface area contributed by atoms with Crippen molar-refractivity contribution in [1.29, 1.82) is 0 Å². The highest BCUT2D eigenvalue weighted by Crippen LogP contribution is 2.39. The number of pyridine rings is 2. The molecule has 7 nitrogen and oxygen atoms in total. The van der Waals surface area contributed by atoms with E-state index in [9.17, 15) is 14.7 Å². The molecule has 2 saturated heterocycles. The van der Waals surface area contributed by atoms with Crippen LogP contribution in [0.15, 0.2) is 54.5 Å². The van der Waals surface area contributed by atoms with Crippen LogP contribution < -0.4 is 0 Å². The second-order valence-corrected chi connectivity index (χ2v) is 6.58. The highest BCUT2D eigenvalue weighted by molar-refractivity contribution is 6.46. The molecule has 0 radical (unpaired) electrons. The molecule has 0 spiro atoms. The van der Waals surface area contributed by atoms with Crippen LogP contribution in [0.3, 0.4) is 0 Å². The molecule has 2 aliphatic heterocycles. The predicted molar refractivity (Wildman–Crippen MR) is 96.5 cm³/mol. The summed E-state index contributed by atoms with van der Waals surface area (Å²) in [6.45, 7) is 0.943. The molecule has 2 unspecified atom stereocenters. The molecule has 0 aromatic carbocycles. The van der Waals surface area contributed by atoms with E-state index in [2.05, 4.69) is 9.97 Å². The van der Waals surface area contributed by atoms with Gasteiger partial charge in [0.1, 0.15) is 11.8 Å². The van der Waals surface area contributed by atoms with E-state index in [1.54, 1.807) is 36.5 Å². The average Bonchev–Trinajstić information content (AvgIpc) is 3.31. The highest BCUT2D eigenvalue weighted by atomic mass is 16.5. The summed E-state index contributed by atoms with van der Waals surface area (Å²) in [5, 5.41) is 10.8. The molecule has 7 heteroatoms. The van der Waals surface area contributed by atoms with Crippen LogP contribution in [0.4, 0.5) is 0 Å². The van der Waals surface area contributed by atoms with Gasteiger partial charge in [-0.1, -0.05) is 6.07 Å². The van der Waals surface area contributed by atoms with Crippen molar-refractivity contribution in [1.82, 2.24) is 14.9 Å². The number of nitrogens with zero attached hydrogens (tertiary/aromatic N) is 3. The molecule has 2 aromatic rings. The second kappa shape index (κ2) is 7.28. The number of aliphatic hydroxyl groups is 1. The Balaban J connectivity index is 1.81. The summed E-state index contributed by atoms with van der Waals surface area (Å²) in [6, 6.07) is 7.75. The molecular formula is C20H19N3O4. The number of carbonyl (C=O) groups is 2. The molecule has 2 aliphatic rings. The summed E-state index contributed by atoms with van der Waals surface area (Å²) >= 11 is 0. The third kappa shape index (κ3) is 3.21. The normalized spacial score (nSPS) is 24.5. The van der Waals surface area contributed by atoms with E-state index in [0.29, 0.717) is 24.4 Å². The Morgan fingerprint density at radius 2 is 2.00 bits per heavy atom. The fraction of sp³-hybridized carbons (Fsp3) is 0.300. The van der Waals surface area contributed by atoms with Crippen LogP contribution in [0.2, 0.25) is 0 Å². The van der Waals surface area contributed by atoms with Gasteiger partial charge in [0.2, 0.25) is 0 Å². The summed E-state index contributed by atoms with van der Waals surface area (Å²) < 4.78 is 5.65. The maximum Gasteiger partial charge on any atom is 0.295 e. The number of aliphatic hydroxyl groups excluding tert-OH is 1. The SMILES string of the molecule is O=C1C(=O)N(CC2CCCO2)C(c2ccccn2)/C1=C(/O)c1ccncc1. The van der Waals surface area contributed by atoms with Crippen molar-refractivity contribution < 1.29 is 19.4 Å². The van der Waals surface area contributed by atoms with Crippen LogP contribution in [0.25, 0.3) is 5.76 Å². The fourth-order valence-corrected chi connectivity index (χ4v) is 3.59. The maximum atomic E-state index is 12.8. The van der Waals surface area contributed by atoms with Crippen molar-refractivity contribution in [2.75, 3.05) is 13.2 Å². The molecule has 4 heterocycles. The minimum atomic E-state index is -0.747. The van der Waals surface area contributed by atoms with E-state index >= 15 is 0 Å². The lowest BCUT2D eigenvalue weighted by atomic mass is 9.98. The van der Waals surface area contributed by atoms with Crippen molar-refractivity contribution in [2.24, 2.45) is 0 Å². The molecular weight excluding hydrogens is 346 g/mol. The predicted octanol–water partition coefficient (Wildman–Crippen LogP) is 2.08. The Morgan fingerprint density at radius 1 is 1.19 bits per heavy atom. The van der Waals surface area contributed by atoms with E-state index < -0.39 is 17.7 Å². The van der Waals surface area contributed by atoms with Crippen molar-refractivity contribution in [3.8, 4) is 0 Å². The molecule has 1 amide bonds. The Kier molecular flexibility index (Phi) is 4.68. The lowest BCUT2D eigenvalue weighted by Crippen LogP contribution is -2.36. The van der Waals surface area contributed by atoms with Gasteiger partial charge in [-0.2, -0.15) is 0 Å². The minimum absolute atomic E-state index is 0.0443. The number of hydrogen-bond donors (Lipinski definition) is 1. The van der Waals surface area contributed by atoms with Gasteiger partial charge >= 0.3 is 0 Å². The lowest BCUT2D eigenvalue weighted by Gasteiger charge is -2.26. The number of Topliss-reactive ketones (excluding diaryl/α,β-unsaturated/α-hetero) is 1. The number of ketones is 1. The van der Waals surface area contributed by atoms with Gasteiger partial charge in [-0.15, -0.1) is 0 Å². The van der Waals surface area contributed by atoms with E-state index in [1.165, 1.54) is 17.3 Å². The first-order valence-corrected chi connectivity index (χ1v) is 8.88. The summed E-state index contributed by atoms with van der Waals surface area (Å²) in [4.78, 5) is 35.3. The van der Waals surface area contributed by atoms with Crippen molar-refractivity contribution in [2.45, 2.75) is 25.0 Å². The van der Waals surface area contributed by atoms with Gasteiger partial charge in [0.15, 0.2) is 0 Å². The molecule has 0 bridgehead atoms. The summed E-state index contributed by atoms with van der Waals surface area (Å²) in [6.07, 6.45) is 6.30. The third-order valence-corrected chi connectivity index (χ3v) is 4.89. The Hall–Kier alpha value is -3.06. The van der Waals surface area contributed by atoms with Crippen molar-refractivity contribution in [3.05, 3.63) is 65.8 Å². The largest absolute Gasteiger partial charge is 0.507 e. The van der Waals surface area contributed by atoms with E-state index in [1.807, 2.05) is 0 Å². The number of ether oxygens (including phenoxy) is 1. The van der Waals surface area contributed by atoms with Gasteiger partial charge in [0, 0.05) is 37.3 Å². The quantitative estimate of drug-likeness (QED) is 0.507. The molecule has 0 aliphatic carbocycles. The van der Waals surface area contributed by atoms with Crippen LogP contribution in [-0.2, 0) is 14.3 Å². The number of amides is 1. The summed E-state index contributed by atoms with van der Waals surface area (Å²) in [7, 11) is 0. The van der Waals surface area contributed by atoms with Crippen LogP contribution in [0.5, 0.6) is 0 Å². The highest BCUT2D eigenvalue weighted by Gasteiger charge is 2.47. The smallest absolute Gasteiger partial charge is 0.295 e. The first kappa shape index (κ1) is 17.4. The molecule has 138 valence electrons. The van der Waals surface area contributed by atoms with E-state index in [-0.39, 0.29) is 17.4 Å². The number of aromatic nitrogens is 2. The molecule has 0 saturated carbocycles.